The van der Waals surface area contributed by atoms with Gasteiger partial charge in [-0.05, 0) is 68.8 Å². The van der Waals surface area contributed by atoms with Crippen LogP contribution in [0, 0.1) is 0 Å². The van der Waals surface area contributed by atoms with Crippen molar-refractivity contribution in [2.24, 2.45) is 0 Å². The summed E-state index contributed by atoms with van der Waals surface area (Å²) in [5.74, 6) is 0.253. The van der Waals surface area contributed by atoms with E-state index in [9.17, 15) is 9.59 Å². The van der Waals surface area contributed by atoms with Crippen LogP contribution in [0.2, 0.25) is 0 Å². The van der Waals surface area contributed by atoms with Gasteiger partial charge in [0.25, 0.3) is 0 Å². The minimum absolute atomic E-state index is 0.175. The van der Waals surface area contributed by atoms with Gasteiger partial charge in [0, 0.05) is 17.6 Å². The van der Waals surface area contributed by atoms with Gasteiger partial charge in [-0.25, -0.2) is 0 Å². The van der Waals surface area contributed by atoms with Gasteiger partial charge in [0.15, 0.2) is 0 Å². The second kappa shape index (κ2) is 6.45. The molecule has 5 heteroatoms. The van der Waals surface area contributed by atoms with Crippen LogP contribution in [0.15, 0.2) is 24.3 Å². The second-order valence-electron chi connectivity index (χ2n) is 7.76. The van der Waals surface area contributed by atoms with E-state index in [-0.39, 0.29) is 17.9 Å². The van der Waals surface area contributed by atoms with Crippen molar-refractivity contribution in [3.05, 3.63) is 29.8 Å². The van der Waals surface area contributed by atoms with E-state index in [1.54, 1.807) is 0 Å². The molecule has 1 aromatic carbocycles. The number of hydrogen-bond acceptors (Lipinski definition) is 4. The zero-order valence-electron chi connectivity index (χ0n) is 14.9. The third-order valence-corrected chi connectivity index (χ3v) is 6.22. The average Bonchev–Trinajstić information content (AvgIpc) is 3.37. The molecule has 5 nitrogen and oxygen atoms in total. The van der Waals surface area contributed by atoms with Crippen molar-refractivity contribution in [1.29, 1.82) is 0 Å². The van der Waals surface area contributed by atoms with Gasteiger partial charge in [0.05, 0.1) is 0 Å². The molecule has 2 N–H and O–H groups in total. The number of carbonyl (C=O) groups is 2. The first-order valence-corrected chi connectivity index (χ1v) is 9.55. The van der Waals surface area contributed by atoms with Gasteiger partial charge >= 0.3 is 0 Å². The fraction of sp³-hybridized carbons (Fsp3) is 0.600. The minimum atomic E-state index is -0.314. The molecule has 4 rings (SSSR count). The standard InChI is InChI=1S/C20H27N3O2/c1-2-23-12-9-15(13-20(23)10-11-20)14-3-5-16(6-4-14)21-17-7-8-18(24)22-19(17)25/h3-6,15,17,21H,2,7-13H2,1H3,(H,22,24,25). The van der Waals surface area contributed by atoms with E-state index in [1.165, 1.54) is 44.3 Å². The molecule has 1 aliphatic carbocycles. The van der Waals surface area contributed by atoms with Gasteiger partial charge in [0.1, 0.15) is 6.04 Å². The smallest absolute Gasteiger partial charge is 0.249 e. The van der Waals surface area contributed by atoms with Crippen molar-refractivity contribution in [1.82, 2.24) is 10.2 Å². The molecule has 2 aliphatic heterocycles. The summed E-state index contributed by atoms with van der Waals surface area (Å²) in [7, 11) is 0. The van der Waals surface area contributed by atoms with Crippen LogP contribution in [0.4, 0.5) is 5.69 Å². The van der Waals surface area contributed by atoms with Crippen LogP contribution >= 0.6 is 0 Å². The van der Waals surface area contributed by atoms with Crippen LogP contribution in [0.5, 0.6) is 0 Å². The zero-order chi connectivity index (χ0) is 17.4. The number of likely N-dealkylation sites (tertiary alicyclic amines) is 1. The summed E-state index contributed by atoms with van der Waals surface area (Å²) in [6.07, 6.45) is 6.18. The number of benzene rings is 1. The summed E-state index contributed by atoms with van der Waals surface area (Å²) in [5.41, 5.74) is 2.85. The first kappa shape index (κ1) is 16.6. The lowest BCUT2D eigenvalue weighted by molar-refractivity contribution is -0.133. The first-order chi connectivity index (χ1) is 12.1. The predicted molar refractivity (Wildman–Crippen MR) is 97.4 cm³/mol. The first-order valence-electron chi connectivity index (χ1n) is 9.55. The van der Waals surface area contributed by atoms with Crippen molar-refractivity contribution in [3.8, 4) is 0 Å². The molecular formula is C20H27N3O2. The Morgan fingerprint density at radius 1 is 1.20 bits per heavy atom. The summed E-state index contributed by atoms with van der Waals surface area (Å²) in [6, 6.07) is 8.24. The molecule has 2 unspecified atom stereocenters. The van der Waals surface area contributed by atoms with E-state index in [4.69, 9.17) is 0 Å². The van der Waals surface area contributed by atoms with E-state index >= 15 is 0 Å². The molecule has 2 saturated heterocycles. The Balaban J connectivity index is 1.39. The Kier molecular flexibility index (Phi) is 4.28. The van der Waals surface area contributed by atoms with Crippen molar-refractivity contribution >= 4 is 17.5 Å². The average molecular weight is 341 g/mol. The van der Waals surface area contributed by atoms with E-state index in [1.807, 2.05) is 0 Å². The fourth-order valence-electron chi connectivity index (χ4n) is 4.57. The largest absolute Gasteiger partial charge is 0.374 e. The summed E-state index contributed by atoms with van der Waals surface area (Å²) in [5, 5.41) is 5.65. The number of nitrogens with zero attached hydrogens (tertiary/aromatic N) is 1. The zero-order valence-corrected chi connectivity index (χ0v) is 14.9. The molecule has 1 saturated carbocycles. The predicted octanol–water partition coefficient (Wildman–Crippen LogP) is 2.64. The van der Waals surface area contributed by atoms with E-state index in [0.29, 0.717) is 24.3 Å². The molecule has 1 spiro atoms. The van der Waals surface area contributed by atoms with Crippen LogP contribution in [-0.2, 0) is 9.59 Å². The summed E-state index contributed by atoms with van der Waals surface area (Å²) >= 11 is 0. The number of imide groups is 1. The molecule has 0 radical (unpaired) electrons. The SMILES string of the molecule is CCN1CCC(c2ccc(NC3CCC(=O)NC3=O)cc2)CC12CC2. The Hall–Kier alpha value is -1.88. The van der Waals surface area contributed by atoms with Gasteiger partial charge in [0.2, 0.25) is 11.8 Å². The number of piperidine rings is 2. The van der Waals surface area contributed by atoms with Crippen LogP contribution in [0.3, 0.4) is 0 Å². The molecule has 2 heterocycles. The molecule has 134 valence electrons. The van der Waals surface area contributed by atoms with Crippen molar-refractivity contribution in [2.45, 2.75) is 62.9 Å². The highest BCUT2D eigenvalue weighted by molar-refractivity contribution is 6.01. The van der Waals surface area contributed by atoms with Gasteiger partial charge in [-0.3, -0.25) is 19.8 Å². The second-order valence-corrected chi connectivity index (χ2v) is 7.76. The Bertz CT molecular complexity index is 666. The molecule has 0 bridgehead atoms. The molecule has 1 aromatic rings. The van der Waals surface area contributed by atoms with E-state index in [0.717, 1.165) is 5.69 Å². The summed E-state index contributed by atoms with van der Waals surface area (Å²) in [4.78, 5) is 25.8. The fourth-order valence-corrected chi connectivity index (χ4v) is 4.57. The minimum Gasteiger partial charge on any atom is -0.374 e. The Morgan fingerprint density at radius 3 is 2.60 bits per heavy atom. The van der Waals surface area contributed by atoms with Crippen molar-refractivity contribution < 1.29 is 9.59 Å². The van der Waals surface area contributed by atoms with Gasteiger partial charge < -0.3 is 5.32 Å². The van der Waals surface area contributed by atoms with Gasteiger partial charge in [-0.2, -0.15) is 0 Å². The van der Waals surface area contributed by atoms with Crippen molar-refractivity contribution in [3.63, 3.8) is 0 Å². The van der Waals surface area contributed by atoms with Crippen LogP contribution in [0.25, 0.3) is 0 Å². The molecule has 0 aromatic heterocycles. The number of hydrogen-bond donors (Lipinski definition) is 2. The molecule has 2 atom stereocenters. The third-order valence-electron chi connectivity index (χ3n) is 6.22. The van der Waals surface area contributed by atoms with Gasteiger partial charge in [-0.1, -0.05) is 19.1 Å². The number of anilines is 1. The highest BCUT2D eigenvalue weighted by atomic mass is 16.2. The molecule has 3 fully saturated rings. The quantitative estimate of drug-likeness (QED) is 0.827. The number of carbonyl (C=O) groups excluding carboxylic acids is 2. The third kappa shape index (κ3) is 3.30. The van der Waals surface area contributed by atoms with Crippen LogP contribution < -0.4 is 10.6 Å². The van der Waals surface area contributed by atoms with Gasteiger partial charge in [-0.15, -0.1) is 0 Å². The lowest BCUT2D eigenvalue weighted by atomic mass is 9.84. The van der Waals surface area contributed by atoms with E-state index in [2.05, 4.69) is 46.7 Å². The monoisotopic (exact) mass is 341 g/mol. The molecular weight excluding hydrogens is 314 g/mol. The van der Waals surface area contributed by atoms with Crippen molar-refractivity contribution in [2.75, 3.05) is 18.4 Å². The molecule has 25 heavy (non-hydrogen) atoms. The Labute approximate surface area is 149 Å². The highest BCUT2D eigenvalue weighted by Gasteiger charge is 2.50. The lowest BCUT2D eigenvalue weighted by Gasteiger charge is -2.40. The maximum atomic E-state index is 11.9. The number of amides is 2. The van der Waals surface area contributed by atoms with Crippen LogP contribution in [-0.4, -0.2) is 41.4 Å². The lowest BCUT2D eigenvalue weighted by Crippen LogP contribution is -2.47. The highest BCUT2D eigenvalue weighted by Crippen LogP contribution is 2.52. The maximum Gasteiger partial charge on any atom is 0.249 e. The van der Waals surface area contributed by atoms with Crippen LogP contribution in [0.1, 0.15) is 56.9 Å². The maximum absolute atomic E-state index is 11.9. The normalized spacial score (nSPS) is 28.7. The topological polar surface area (TPSA) is 61.4 Å². The number of rotatable bonds is 4. The molecule has 3 aliphatic rings. The summed E-state index contributed by atoms with van der Waals surface area (Å²) < 4.78 is 0. The number of nitrogens with one attached hydrogen (secondary N) is 2. The Morgan fingerprint density at radius 2 is 1.96 bits per heavy atom. The molecule has 2 amide bonds. The summed E-state index contributed by atoms with van der Waals surface area (Å²) in [6.45, 7) is 4.65. The van der Waals surface area contributed by atoms with E-state index < -0.39 is 0 Å².